The molecule has 1 fully saturated rings. The van der Waals surface area contributed by atoms with E-state index < -0.39 is 6.03 Å². The lowest BCUT2D eigenvalue weighted by atomic mass is 9.95. The van der Waals surface area contributed by atoms with Crippen molar-refractivity contribution in [2.45, 2.75) is 45.1 Å². The molecule has 0 saturated heterocycles. The maximum Gasteiger partial charge on any atom is 0.316 e. The molecule has 4 rings (SSSR count). The molecule has 1 aliphatic carbocycles. The minimum Gasteiger partial charge on any atom is -0.351 e. The molecule has 5 heteroatoms. The molecule has 0 radical (unpaired) electrons. The van der Waals surface area contributed by atoms with E-state index >= 15 is 0 Å². The van der Waals surface area contributed by atoms with Crippen LogP contribution in [0.1, 0.15) is 43.7 Å². The monoisotopic (exact) mass is 348 g/mol. The van der Waals surface area contributed by atoms with Crippen LogP contribution in [-0.2, 0) is 0 Å². The van der Waals surface area contributed by atoms with Crippen LogP contribution in [0.4, 0.5) is 10.5 Å². The predicted octanol–water partition coefficient (Wildman–Crippen LogP) is 5.01. The number of anilines is 1. The van der Waals surface area contributed by atoms with E-state index in [0.717, 1.165) is 27.9 Å². The standard InChI is InChI=1S/C21H24N4O/c1-14-6-5-9-17(20(14)24-21(22)26)15-10-11-19-18(12-15)23-13-25(19)16-7-3-2-4-8-16/h5-6,9-13,16H,2-4,7-8H2,1H3,(H3,22,24,26). The second kappa shape index (κ2) is 6.83. The van der Waals surface area contributed by atoms with E-state index in [2.05, 4.69) is 33.1 Å². The number of nitrogens with zero attached hydrogens (tertiary/aromatic N) is 2. The van der Waals surface area contributed by atoms with Gasteiger partial charge in [-0.2, -0.15) is 0 Å². The fourth-order valence-electron chi connectivity index (χ4n) is 4.05. The summed E-state index contributed by atoms with van der Waals surface area (Å²) in [6.45, 7) is 1.96. The summed E-state index contributed by atoms with van der Waals surface area (Å²) in [5.41, 5.74) is 11.2. The van der Waals surface area contributed by atoms with Gasteiger partial charge in [-0.05, 0) is 43.0 Å². The fraction of sp³-hybridized carbons (Fsp3) is 0.333. The number of benzene rings is 2. The number of amides is 2. The fourth-order valence-corrected chi connectivity index (χ4v) is 4.05. The predicted molar refractivity (Wildman–Crippen MR) is 105 cm³/mol. The number of carbonyl (C=O) groups excluding carboxylic acids is 1. The summed E-state index contributed by atoms with van der Waals surface area (Å²) in [6, 6.07) is 12.3. The summed E-state index contributed by atoms with van der Waals surface area (Å²) in [5.74, 6) is 0. The second-order valence-electron chi connectivity index (χ2n) is 7.13. The Hall–Kier alpha value is -2.82. The molecule has 5 nitrogen and oxygen atoms in total. The molecule has 0 aliphatic heterocycles. The summed E-state index contributed by atoms with van der Waals surface area (Å²) in [6.07, 6.45) is 8.39. The van der Waals surface area contributed by atoms with Crippen molar-refractivity contribution in [1.82, 2.24) is 9.55 Å². The molecule has 134 valence electrons. The molecule has 0 unspecified atom stereocenters. The first-order chi connectivity index (χ1) is 12.6. The Labute approximate surface area is 153 Å². The van der Waals surface area contributed by atoms with Gasteiger partial charge in [0.05, 0.1) is 23.0 Å². The van der Waals surface area contributed by atoms with E-state index in [-0.39, 0.29) is 0 Å². The minimum absolute atomic E-state index is 0.553. The number of carbonyl (C=O) groups is 1. The Kier molecular flexibility index (Phi) is 4.37. The Morgan fingerprint density at radius 3 is 2.77 bits per heavy atom. The van der Waals surface area contributed by atoms with Gasteiger partial charge < -0.3 is 15.6 Å². The number of hydrogen-bond acceptors (Lipinski definition) is 2. The smallest absolute Gasteiger partial charge is 0.316 e. The minimum atomic E-state index is -0.553. The van der Waals surface area contributed by atoms with Crippen LogP contribution in [0.25, 0.3) is 22.2 Å². The molecule has 1 aromatic heterocycles. The van der Waals surface area contributed by atoms with Crippen molar-refractivity contribution in [3.05, 3.63) is 48.3 Å². The van der Waals surface area contributed by atoms with Gasteiger partial charge in [0.1, 0.15) is 0 Å². The third-order valence-electron chi connectivity index (χ3n) is 5.37. The Balaban J connectivity index is 1.75. The van der Waals surface area contributed by atoms with Gasteiger partial charge in [0.25, 0.3) is 0 Å². The zero-order chi connectivity index (χ0) is 18.1. The third-order valence-corrected chi connectivity index (χ3v) is 5.37. The van der Waals surface area contributed by atoms with Crippen LogP contribution in [0.2, 0.25) is 0 Å². The van der Waals surface area contributed by atoms with Gasteiger partial charge in [-0.25, -0.2) is 9.78 Å². The molecule has 3 N–H and O–H groups in total. The van der Waals surface area contributed by atoms with Crippen LogP contribution in [0.15, 0.2) is 42.7 Å². The number of urea groups is 1. The quantitative estimate of drug-likeness (QED) is 0.698. The van der Waals surface area contributed by atoms with Crippen molar-refractivity contribution in [2.24, 2.45) is 5.73 Å². The highest BCUT2D eigenvalue weighted by Crippen LogP contribution is 2.35. The van der Waals surface area contributed by atoms with E-state index in [9.17, 15) is 4.79 Å². The lowest BCUT2D eigenvalue weighted by Gasteiger charge is -2.23. The summed E-state index contributed by atoms with van der Waals surface area (Å²) < 4.78 is 2.33. The number of aryl methyl sites for hydroxylation is 1. The maximum absolute atomic E-state index is 11.4. The lowest BCUT2D eigenvalue weighted by molar-refractivity contribution is 0.259. The first-order valence-corrected chi connectivity index (χ1v) is 9.26. The summed E-state index contributed by atoms with van der Waals surface area (Å²) >= 11 is 0. The molecule has 1 heterocycles. The van der Waals surface area contributed by atoms with Gasteiger partial charge in [0.2, 0.25) is 0 Å². The Morgan fingerprint density at radius 1 is 1.19 bits per heavy atom. The van der Waals surface area contributed by atoms with E-state index in [1.165, 1.54) is 37.6 Å². The number of para-hydroxylation sites is 1. The van der Waals surface area contributed by atoms with Crippen molar-refractivity contribution >= 4 is 22.8 Å². The van der Waals surface area contributed by atoms with Crippen LogP contribution >= 0.6 is 0 Å². The molecule has 1 saturated carbocycles. The van der Waals surface area contributed by atoms with E-state index in [4.69, 9.17) is 5.73 Å². The normalized spacial score (nSPS) is 15.3. The maximum atomic E-state index is 11.4. The molecule has 0 bridgehead atoms. The van der Waals surface area contributed by atoms with Crippen molar-refractivity contribution in [1.29, 1.82) is 0 Å². The van der Waals surface area contributed by atoms with Crippen molar-refractivity contribution in [2.75, 3.05) is 5.32 Å². The zero-order valence-electron chi connectivity index (χ0n) is 15.0. The molecule has 2 amide bonds. The van der Waals surface area contributed by atoms with Gasteiger partial charge in [0.15, 0.2) is 0 Å². The number of rotatable bonds is 3. The SMILES string of the molecule is Cc1cccc(-c2ccc3c(c2)ncn3C2CCCCC2)c1NC(N)=O. The van der Waals surface area contributed by atoms with Crippen LogP contribution < -0.4 is 11.1 Å². The van der Waals surface area contributed by atoms with Crippen molar-refractivity contribution in [3.8, 4) is 11.1 Å². The highest BCUT2D eigenvalue weighted by atomic mass is 16.2. The van der Waals surface area contributed by atoms with Crippen molar-refractivity contribution in [3.63, 3.8) is 0 Å². The van der Waals surface area contributed by atoms with Gasteiger partial charge in [0, 0.05) is 11.6 Å². The first-order valence-electron chi connectivity index (χ1n) is 9.26. The topological polar surface area (TPSA) is 72.9 Å². The van der Waals surface area contributed by atoms with Gasteiger partial charge in [-0.3, -0.25) is 0 Å². The largest absolute Gasteiger partial charge is 0.351 e. The molecule has 26 heavy (non-hydrogen) atoms. The molecule has 2 aromatic carbocycles. The third kappa shape index (κ3) is 3.05. The van der Waals surface area contributed by atoms with Crippen LogP contribution in [0, 0.1) is 6.92 Å². The number of fused-ring (bicyclic) bond motifs is 1. The summed E-state index contributed by atoms with van der Waals surface area (Å²) in [5, 5.41) is 2.76. The molecule has 3 aromatic rings. The van der Waals surface area contributed by atoms with E-state index in [1.54, 1.807) is 0 Å². The van der Waals surface area contributed by atoms with Gasteiger partial charge in [-0.15, -0.1) is 0 Å². The molecule has 1 aliphatic rings. The van der Waals surface area contributed by atoms with Crippen LogP contribution in [-0.4, -0.2) is 15.6 Å². The van der Waals surface area contributed by atoms with Crippen LogP contribution in [0.3, 0.4) is 0 Å². The number of primary amides is 1. The van der Waals surface area contributed by atoms with Crippen molar-refractivity contribution < 1.29 is 4.79 Å². The summed E-state index contributed by atoms with van der Waals surface area (Å²) in [4.78, 5) is 16.0. The molecule has 0 atom stereocenters. The molecular weight excluding hydrogens is 324 g/mol. The van der Waals surface area contributed by atoms with Gasteiger partial charge >= 0.3 is 6.03 Å². The second-order valence-corrected chi connectivity index (χ2v) is 7.13. The number of nitrogens with two attached hydrogens (primary N) is 1. The zero-order valence-corrected chi connectivity index (χ0v) is 15.0. The Bertz CT molecular complexity index is 954. The van der Waals surface area contributed by atoms with Crippen LogP contribution in [0.5, 0.6) is 0 Å². The van der Waals surface area contributed by atoms with E-state index in [0.29, 0.717) is 6.04 Å². The number of aromatic nitrogens is 2. The van der Waals surface area contributed by atoms with Gasteiger partial charge in [-0.1, -0.05) is 43.5 Å². The number of hydrogen-bond donors (Lipinski definition) is 2. The number of imidazole rings is 1. The molecular formula is C21H24N4O. The Morgan fingerprint density at radius 2 is 2.00 bits per heavy atom. The average Bonchev–Trinajstić information content (AvgIpc) is 3.07. The summed E-state index contributed by atoms with van der Waals surface area (Å²) in [7, 11) is 0. The lowest BCUT2D eigenvalue weighted by Crippen LogP contribution is -2.20. The number of nitrogens with one attached hydrogen (secondary N) is 1. The highest BCUT2D eigenvalue weighted by Gasteiger charge is 2.18. The van der Waals surface area contributed by atoms with E-state index in [1.807, 2.05) is 31.5 Å². The highest BCUT2D eigenvalue weighted by molar-refractivity contribution is 5.96. The average molecular weight is 348 g/mol. The first kappa shape index (κ1) is 16.6. The molecule has 0 spiro atoms.